The Labute approximate surface area is 79.7 Å². The van der Waals surface area contributed by atoms with Crippen molar-refractivity contribution >= 4 is 5.97 Å². The second-order valence-corrected chi connectivity index (χ2v) is 2.82. The van der Waals surface area contributed by atoms with Crippen LogP contribution in [-0.2, 0) is 14.3 Å². The van der Waals surface area contributed by atoms with Crippen molar-refractivity contribution in [3.8, 4) is 0 Å². The van der Waals surface area contributed by atoms with Gasteiger partial charge in [0.05, 0.1) is 25.7 Å². The van der Waals surface area contributed by atoms with Gasteiger partial charge in [-0.3, -0.25) is 4.79 Å². The topological polar surface area (TPSA) is 35.5 Å². The summed E-state index contributed by atoms with van der Waals surface area (Å²) in [6.45, 7) is 8.24. The molecule has 3 nitrogen and oxygen atoms in total. The number of rotatable bonds is 7. The zero-order valence-electron chi connectivity index (χ0n) is 8.41. The number of carbonyl (C=O) groups excluding carboxylic acids is 1. The fourth-order valence-corrected chi connectivity index (χ4v) is 0.689. The van der Waals surface area contributed by atoms with Crippen LogP contribution in [0.3, 0.4) is 0 Å². The molecule has 0 aromatic carbocycles. The van der Waals surface area contributed by atoms with Crippen LogP contribution in [0.5, 0.6) is 0 Å². The van der Waals surface area contributed by atoms with Crippen LogP contribution in [0, 0.1) is 0 Å². The van der Waals surface area contributed by atoms with Crippen molar-refractivity contribution in [2.45, 2.75) is 32.8 Å². The lowest BCUT2D eigenvalue weighted by Gasteiger charge is -2.10. The summed E-state index contributed by atoms with van der Waals surface area (Å²) in [6, 6.07) is 0. The van der Waals surface area contributed by atoms with E-state index in [1.807, 2.05) is 13.8 Å². The van der Waals surface area contributed by atoms with Crippen LogP contribution < -0.4 is 0 Å². The number of hydrogen-bond acceptors (Lipinski definition) is 3. The van der Waals surface area contributed by atoms with Gasteiger partial charge < -0.3 is 9.47 Å². The highest BCUT2D eigenvalue weighted by molar-refractivity contribution is 5.69. The van der Waals surface area contributed by atoms with Gasteiger partial charge >= 0.3 is 5.97 Å². The van der Waals surface area contributed by atoms with Gasteiger partial charge in [0.25, 0.3) is 0 Å². The van der Waals surface area contributed by atoms with Gasteiger partial charge in [0.2, 0.25) is 0 Å². The second kappa shape index (κ2) is 7.80. The second-order valence-electron chi connectivity index (χ2n) is 2.82. The molecule has 0 rings (SSSR count). The third-order valence-electron chi connectivity index (χ3n) is 1.59. The summed E-state index contributed by atoms with van der Waals surface area (Å²) in [5.41, 5.74) is 0. The maximum Gasteiger partial charge on any atom is 0.308 e. The normalized spacial score (nSPS) is 12.2. The van der Waals surface area contributed by atoms with Gasteiger partial charge in [0, 0.05) is 0 Å². The Hall–Kier alpha value is -0.830. The van der Waals surface area contributed by atoms with Crippen molar-refractivity contribution < 1.29 is 14.3 Å². The summed E-state index contributed by atoms with van der Waals surface area (Å²) in [5.74, 6) is -0.196. The highest BCUT2D eigenvalue weighted by Gasteiger charge is 2.06. The van der Waals surface area contributed by atoms with E-state index in [0.29, 0.717) is 19.6 Å². The van der Waals surface area contributed by atoms with E-state index in [4.69, 9.17) is 9.47 Å². The molecule has 13 heavy (non-hydrogen) atoms. The summed E-state index contributed by atoms with van der Waals surface area (Å²) in [6.07, 6.45) is 2.82. The molecule has 0 aliphatic rings. The SMILES string of the molecule is C=CCOCCC(=O)OC(C)CC. The molecule has 0 amide bonds. The van der Waals surface area contributed by atoms with Crippen molar-refractivity contribution in [2.24, 2.45) is 0 Å². The summed E-state index contributed by atoms with van der Waals surface area (Å²) in [5, 5.41) is 0. The Morgan fingerprint density at radius 1 is 1.62 bits per heavy atom. The van der Waals surface area contributed by atoms with Crippen molar-refractivity contribution in [3.63, 3.8) is 0 Å². The van der Waals surface area contributed by atoms with Crippen LogP contribution in [0.1, 0.15) is 26.7 Å². The summed E-state index contributed by atoms with van der Waals surface area (Å²) in [7, 11) is 0. The van der Waals surface area contributed by atoms with Crippen LogP contribution in [-0.4, -0.2) is 25.3 Å². The molecule has 0 aliphatic heterocycles. The minimum absolute atomic E-state index is 0.00639. The van der Waals surface area contributed by atoms with E-state index in [0.717, 1.165) is 6.42 Å². The molecule has 0 radical (unpaired) electrons. The Kier molecular flexibility index (Phi) is 7.30. The third-order valence-corrected chi connectivity index (χ3v) is 1.59. The summed E-state index contributed by atoms with van der Waals surface area (Å²) >= 11 is 0. The first-order chi connectivity index (χ1) is 6.20. The number of ether oxygens (including phenoxy) is 2. The smallest absolute Gasteiger partial charge is 0.308 e. The van der Waals surface area contributed by atoms with Crippen molar-refractivity contribution in [1.82, 2.24) is 0 Å². The summed E-state index contributed by atoms with van der Waals surface area (Å²) in [4.78, 5) is 11.0. The number of hydrogen-bond donors (Lipinski definition) is 0. The first-order valence-corrected chi connectivity index (χ1v) is 4.58. The average Bonchev–Trinajstić information content (AvgIpc) is 2.12. The summed E-state index contributed by atoms with van der Waals surface area (Å²) < 4.78 is 10.1. The standard InChI is InChI=1S/C10H18O3/c1-4-7-12-8-6-10(11)13-9(3)5-2/h4,9H,1,5-8H2,2-3H3. The molecule has 0 N–H and O–H groups in total. The van der Waals surface area contributed by atoms with Crippen LogP contribution in [0.15, 0.2) is 12.7 Å². The molecule has 1 unspecified atom stereocenters. The van der Waals surface area contributed by atoms with E-state index in [1.54, 1.807) is 6.08 Å². The largest absolute Gasteiger partial charge is 0.463 e. The van der Waals surface area contributed by atoms with E-state index in [1.165, 1.54) is 0 Å². The lowest BCUT2D eigenvalue weighted by molar-refractivity contribution is -0.149. The molecule has 0 bridgehead atoms. The minimum atomic E-state index is -0.196. The Morgan fingerprint density at radius 3 is 2.85 bits per heavy atom. The van der Waals surface area contributed by atoms with E-state index >= 15 is 0 Å². The quantitative estimate of drug-likeness (QED) is 0.346. The monoisotopic (exact) mass is 186 g/mol. The van der Waals surface area contributed by atoms with Crippen LogP contribution in [0.4, 0.5) is 0 Å². The van der Waals surface area contributed by atoms with E-state index < -0.39 is 0 Å². The lowest BCUT2D eigenvalue weighted by atomic mass is 10.3. The maximum atomic E-state index is 11.0. The fourth-order valence-electron chi connectivity index (χ4n) is 0.689. The van der Waals surface area contributed by atoms with Gasteiger partial charge in [0.15, 0.2) is 0 Å². The highest BCUT2D eigenvalue weighted by atomic mass is 16.5. The van der Waals surface area contributed by atoms with Crippen LogP contribution in [0.25, 0.3) is 0 Å². The molecule has 76 valence electrons. The predicted octanol–water partition coefficient (Wildman–Crippen LogP) is 1.92. The molecular formula is C10H18O3. The minimum Gasteiger partial charge on any atom is -0.463 e. The lowest BCUT2D eigenvalue weighted by Crippen LogP contribution is -2.15. The first kappa shape index (κ1) is 12.2. The molecule has 1 atom stereocenters. The van der Waals surface area contributed by atoms with Crippen molar-refractivity contribution in [2.75, 3.05) is 13.2 Å². The van der Waals surface area contributed by atoms with Crippen molar-refractivity contribution in [3.05, 3.63) is 12.7 Å². The predicted molar refractivity (Wildman–Crippen MR) is 51.5 cm³/mol. The molecule has 0 fully saturated rings. The van der Waals surface area contributed by atoms with Gasteiger partial charge in [-0.15, -0.1) is 6.58 Å². The zero-order valence-corrected chi connectivity index (χ0v) is 8.41. The number of esters is 1. The third kappa shape index (κ3) is 7.53. The molecule has 0 aliphatic carbocycles. The molecule has 0 aromatic heterocycles. The fraction of sp³-hybridized carbons (Fsp3) is 0.700. The molecular weight excluding hydrogens is 168 g/mol. The molecule has 0 saturated carbocycles. The molecule has 0 heterocycles. The van der Waals surface area contributed by atoms with Crippen LogP contribution >= 0.6 is 0 Å². The van der Waals surface area contributed by atoms with Crippen LogP contribution in [0.2, 0.25) is 0 Å². The Morgan fingerprint density at radius 2 is 2.31 bits per heavy atom. The Bertz CT molecular complexity index is 154. The van der Waals surface area contributed by atoms with E-state index in [-0.39, 0.29) is 12.1 Å². The number of carbonyl (C=O) groups is 1. The zero-order chi connectivity index (χ0) is 10.1. The van der Waals surface area contributed by atoms with E-state index in [2.05, 4.69) is 6.58 Å². The van der Waals surface area contributed by atoms with Gasteiger partial charge in [0.1, 0.15) is 0 Å². The first-order valence-electron chi connectivity index (χ1n) is 4.58. The van der Waals surface area contributed by atoms with Gasteiger partial charge in [-0.1, -0.05) is 13.0 Å². The van der Waals surface area contributed by atoms with Gasteiger partial charge in [-0.05, 0) is 13.3 Å². The molecule has 0 aromatic rings. The molecule has 0 spiro atoms. The van der Waals surface area contributed by atoms with E-state index in [9.17, 15) is 4.79 Å². The Balaban J connectivity index is 3.35. The average molecular weight is 186 g/mol. The molecule has 3 heteroatoms. The van der Waals surface area contributed by atoms with Gasteiger partial charge in [-0.25, -0.2) is 0 Å². The highest BCUT2D eigenvalue weighted by Crippen LogP contribution is 1.98. The van der Waals surface area contributed by atoms with Gasteiger partial charge in [-0.2, -0.15) is 0 Å². The molecule has 0 saturated heterocycles. The van der Waals surface area contributed by atoms with Crippen molar-refractivity contribution in [1.29, 1.82) is 0 Å². The maximum absolute atomic E-state index is 11.0.